The Morgan fingerprint density at radius 2 is 1.73 bits per heavy atom. The fourth-order valence-electron chi connectivity index (χ4n) is 4.20. The van der Waals surface area contributed by atoms with Gasteiger partial charge in [-0.2, -0.15) is 4.31 Å². The highest BCUT2D eigenvalue weighted by Gasteiger charge is 2.29. The average Bonchev–Trinajstić information content (AvgIpc) is 3.52. The van der Waals surface area contributed by atoms with E-state index >= 15 is 0 Å². The lowest BCUT2D eigenvalue weighted by Crippen LogP contribution is -2.50. The number of benzene rings is 1. The van der Waals surface area contributed by atoms with E-state index in [0.717, 1.165) is 11.1 Å². The smallest absolute Gasteiger partial charge is 0.246 e. The van der Waals surface area contributed by atoms with Crippen LogP contribution in [0.15, 0.2) is 42.5 Å². The number of hydrogen-bond donors (Lipinski definition) is 0. The van der Waals surface area contributed by atoms with Gasteiger partial charge < -0.3 is 9.47 Å². The first-order valence-electron chi connectivity index (χ1n) is 10.5. The van der Waals surface area contributed by atoms with Crippen LogP contribution in [0, 0.1) is 13.8 Å². The van der Waals surface area contributed by atoms with Gasteiger partial charge in [-0.25, -0.2) is 8.42 Å². The molecule has 2 aliphatic rings. The Morgan fingerprint density at radius 3 is 2.37 bits per heavy atom. The first-order valence-corrected chi connectivity index (χ1v) is 12.1. The van der Waals surface area contributed by atoms with Gasteiger partial charge in [-0.3, -0.25) is 4.79 Å². The third-order valence-corrected chi connectivity index (χ3v) is 7.83. The van der Waals surface area contributed by atoms with E-state index in [1.807, 2.05) is 36.4 Å². The fraction of sp³-hybridized carbons (Fsp3) is 0.435. The van der Waals surface area contributed by atoms with Crippen LogP contribution in [-0.2, 0) is 20.6 Å². The van der Waals surface area contributed by atoms with Crippen LogP contribution in [0.25, 0.3) is 6.08 Å². The van der Waals surface area contributed by atoms with E-state index in [-0.39, 0.29) is 11.7 Å². The zero-order valence-corrected chi connectivity index (χ0v) is 18.4. The molecule has 1 aliphatic carbocycles. The topological polar surface area (TPSA) is 62.6 Å². The SMILES string of the molecule is Cc1cc(C=CC(=O)N2CCN(S(=O)(=O)Cc3ccccc3)CC2)c(C)n1C1CC1. The molecule has 0 atom stereocenters. The van der Waals surface area contributed by atoms with Gasteiger partial charge in [0.05, 0.1) is 5.75 Å². The Kier molecular flexibility index (Phi) is 5.84. The second-order valence-corrected chi connectivity index (χ2v) is 10.2. The second-order valence-electron chi connectivity index (χ2n) is 8.23. The second kappa shape index (κ2) is 8.40. The van der Waals surface area contributed by atoms with Gasteiger partial charge in [0.25, 0.3) is 0 Å². The van der Waals surface area contributed by atoms with Gasteiger partial charge in [-0.1, -0.05) is 30.3 Å². The highest BCUT2D eigenvalue weighted by Crippen LogP contribution is 2.38. The van der Waals surface area contributed by atoms with Crippen LogP contribution in [0.5, 0.6) is 0 Å². The summed E-state index contributed by atoms with van der Waals surface area (Å²) in [6.07, 6.45) is 5.97. The molecule has 1 saturated heterocycles. The minimum absolute atomic E-state index is 0.00169. The van der Waals surface area contributed by atoms with E-state index in [9.17, 15) is 13.2 Å². The van der Waals surface area contributed by atoms with E-state index < -0.39 is 10.0 Å². The summed E-state index contributed by atoms with van der Waals surface area (Å²) in [5.74, 6) is -0.0653. The summed E-state index contributed by atoms with van der Waals surface area (Å²) < 4.78 is 29.2. The van der Waals surface area contributed by atoms with Crippen LogP contribution in [0.2, 0.25) is 0 Å². The van der Waals surface area contributed by atoms with Crippen LogP contribution in [0.1, 0.15) is 41.4 Å². The quantitative estimate of drug-likeness (QED) is 0.666. The van der Waals surface area contributed by atoms with Crippen molar-refractivity contribution in [3.8, 4) is 0 Å². The normalized spacial score (nSPS) is 18.3. The standard InChI is InChI=1S/C23H29N3O3S/c1-18-16-21(19(2)26(18)22-9-10-22)8-11-23(27)24-12-14-25(15-13-24)30(28,29)17-20-6-4-3-5-7-20/h3-8,11,16,22H,9-10,12-15,17H2,1-2H3. The van der Waals surface area contributed by atoms with Crippen LogP contribution in [-0.4, -0.2) is 54.3 Å². The predicted octanol–water partition coefficient (Wildman–Crippen LogP) is 3.13. The Morgan fingerprint density at radius 1 is 1.07 bits per heavy atom. The number of nitrogens with zero attached hydrogens (tertiary/aromatic N) is 3. The van der Waals surface area contributed by atoms with Crippen LogP contribution < -0.4 is 0 Å². The van der Waals surface area contributed by atoms with Gasteiger partial charge in [0.2, 0.25) is 15.9 Å². The lowest BCUT2D eigenvalue weighted by molar-refractivity contribution is -0.127. The number of aromatic nitrogens is 1. The van der Waals surface area contributed by atoms with Crippen molar-refractivity contribution in [3.05, 3.63) is 65.0 Å². The number of carbonyl (C=O) groups is 1. The summed E-state index contributed by atoms with van der Waals surface area (Å²) in [5.41, 5.74) is 4.30. The van der Waals surface area contributed by atoms with Gasteiger partial charge in [0.1, 0.15) is 0 Å². The maximum atomic E-state index is 12.7. The van der Waals surface area contributed by atoms with Gasteiger partial charge in [0.15, 0.2) is 0 Å². The third kappa shape index (κ3) is 4.52. The van der Waals surface area contributed by atoms with Crippen molar-refractivity contribution >= 4 is 22.0 Å². The molecule has 0 spiro atoms. The minimum atomic E-state index is -3.38. The minimum Gasteiger partial charge on any atom is -0.346 e. The largest absolute Gasteiger partial charge is 0.346 e. The molecule has 2 fully saturated rings. The highest BCUT2D eigenvalue weighted by molar-refractivity contribution is 7.88. The number of hydrogen-bond acceptors (Lipinski definition) is 3. The molecule has 2 aromatic rings. The number of aryl methyl sites for hydroxylation is 1. The Bertz CT molecular complexity index is 1040. The number of sulfonamides is 1. The van der Waals surface area contributed by atoms with Gasteiger partial charge in [0, 0.05) is 49.7 Å². The van der Waals surface area contributed by atoms with Crippen molar-refractivity contribution in [2.75, 3.05) is 26.2 Å². The average molecular weight is 428 g/mol. The Labute approximate surface area is 178 Å². The van der Waals surface area contributed by atoms with Crippen molar-refractivity contribution < 1.29 is 13.2 Å². The molecule has 4 rings (SSSR count). The van der Waals surface area contributed by atoms with Crippen molar-refractivity contribution in [3.63, 3.8) is 0 Å². The molecule has 1 saturated carbocycles. The number of carbonyl (C=O) groups excluding carboxylic acids is 1. The summed E-state index contributed by atoms with van der Waals surface area (Å²) in [6, 6.07) is 12.0. The molecule has 0 radical (unpaired) electrons. The van der Waals surface area contributed by atoms with Gasteiger partial charge >= 0.3 is 0 Å². The molecule has 160 valence electrons. The lowest BCUT2D eigenvalue weighted by atomic mass is 10.2. The predicted molar refractivity (Wildman–Crippen MR) is 118 cm³/mol. The van der Waals surface area contributed by atoms with Crippen molar-refractivity contribution in [2.45, 2.75) is 38.5 Å². The first-order chi connectivity index (χ1) is 14.3. The fourth-order valence-corrected chi connectivity index (χ4v) is 5.71. The Balaban J connectivity index is 1.34. The van der Waals surface area contributed by atoms with E-state index in [2.05, 4.69) is 24.5 Å². The molecule has 6 nitrogen and oxygen atoms in total. The molecule has 30 heavy (non-hydrogen) atoms. The molecule has 1 amide bonds. The highest BCUT2D eigenvalue weighted by atomic mass is 32.2. The molecule has 1 aromatic heterocycles. The first kappa shape index (κ1) is 20.9. The summed E-state index contributed by atoms with van der Waals surface area (Å²) in [4.78, 5) is 14.4. The van der Waals surface area contributed by atoms with Crippen molar-refractivity contribution in [1.29, 1.82) is 0 Å². The molecule has 0 N–H and O–H groups in total. The summed E-state index contributed by atoms with van der Waals surface area (Å²) >= 11 is 0. The molecule has 7 heteroatoms. The van der Waals surface area contributed by atoms with Crippen LogP contribution in [0.3, 0.4) is 0 Å². The van der Waals surface area contributed by atoms with Crippen LogP contribution in [0.4, 0.5) is 0 Å². The monoisotopic (exact) mass is 427 g/mol. The van der Waals surface area contributed by atoms with Crippen molar-refractivity contribution in [1.82, 2.24) is 13.8 Å². The summed E-state index contributed by atoms with van der Waals surface area (Å²) in [7, 11) is -3.38. The van der Waals surface area contributed by atoms with Gasteiger partial charge in [-0.05, 0) is 50.0 Å². The lowest BCUT2D eigenvalue weighted by Gasteiger charge is -2.33. The molecule has 0 unspecified atom stereocenters. The van der Waals surface area contributed by atoms with E-state index in [4.69, 9.17) is 0 Å². The number of amides is 1. The van der Waals surface area contributed by atoms with E-state index in [1.54, 1.807) is 11.0 Å². The molecular formula is C23H29N3O3S. The molecular weight excluding hydrogens is 398 g/mol. The summed E-state index contributed by atoms with van der Waals surface area (Å²) in [6.45, 7) is 5.72. The number of rotatable bonds is 6. The maximum absolute atomic E-state index is 12.7. The Hall–Kier alpha value is -2.38. The maximum Gasteiger partial charge on any atom is 0.246 e. The van der Waals surface area contributed by atoms with E-state index in [1.165, 1.54) is 28.5 Å². The van der Waals surface area contributed by atoms with Crippen LogP contribution >= 0.6 is 0 Å². The molecule has 1 aliphatic heterocycles. The zero-order valence-electron chi connectivity index (χ0n) is 17.6. The van der Waals surface area contributed by atoms with E-state index in [0.29, 0.717) is 32.2 Å². The van der Waals surface area contributed by atoms with Crippen molar-refractivity contribution in [2.24, 2.45) is 0 Å². The number of piperazine rings is 1. The third-order valence-electron chi connectivity index (χ3n) is 5.98. The summed E-state index contributed by atoms with van der Waals surface area (Å²) in [5, 5.41) is 0. The molecule has 1 aromatic carbocycles. The molecule has 2 heterocycles. The van der Waals surface area contributed by atoms with Gasteiger partial charge in [-0.15, -0.1) is 0 Å². The zero-order chi connectivity index (χ0) is 21.3. The molecule has 0 bridgehead atoms.